The molecule has 1 aromatic heterocycles. The third-order valence-corrected chi connectivity index (χ3v) is 2.74. The Labute approximate surface area is 94.7 Å². The van der Waals surface area contributed by atoms with E-state index in [2.05, 4.69) is 12.0 Å². The van der Waals surface area contributed by atoms with Crippen molar-refractivity contribution in [1.82, 2.24) is 9.78 Å². The quantitative estimate of drug-likeness (QED) is 0.736. The van der Waals surface area contributed by atoms with Crippen molar-refractivity contribution < 1.29 is 0 Å². The second-order valence-electron chi connectivity index (χ2n) is 3.96. The molecule has 16 heavy (non-hydrogen) atoms. The number of nitrogens with zero attached hydrogens (tertiary/aromatic N) is 2. The summed E-state index contributed by atoms with van der Waals surface area (Å²) in [6.45, 7) is 3.06. The molecule has 0 unspecified atom stereocenters. The van der Waals surface area contributed by atoms with Crippen LogP contribution in [0, 0.1) is 0 Å². The van der Waals surface area contributed by atoms with Crippen LogP contribution in [-0.4, -0.2) is 9.78 Å². The lowest BCUT2D eigenvalue weighted by molar-refractivity contribution is 0.560. The molecule has 1 heterocycles. The van der Waals surface area contributed by atoms with Gasteiger partial charge in [-0.1, -0.05) is 31.9 Å². The molecule has 0 saturated carbocycles. The molecule has 0 spiro atoms. The molecule has 0 saturated heterocycles. The molecular formula is C13H16N2O. The van der Waals surface area contributed by atoms with Crippen molar-refractivity contribution in [3.8, 4) is 0 Å². The minimum atomic E-state index is 0.00217. The van der Waals surface area contributed by atoms with E-state index in [4.69, 9.17) is 0 Å². The SMILES string of the molecule is CCCCCn1ncc(=O)c2ccccc21. The number of aromatic nitrogens is 2. The Morgan fingerprint density at radius 1 is 1.25 bits per heavy atom. The predicted molar refractivity (Wildman–Crippen MR) is 65.5 cm³/mol. The Morgan fingerprint density at radius 3 is 2.88 bits per heavy atom. The summed E-state index contributed by atoms with van der Waals surface area (Å²) in [5.74, 6) is 0. The van der Waals surface area contributed by atoms with E-state index >= 15 is 0 Å². The van der Waals surface area contributed by atoms with Crippen molar-refractivity contribution in [2.75, 3.05) is 0 Å². The number of benzene rings is 1. The average Bonchev–Trinajstić information content (AvgIpc) is 2.33. The summed E-state index contributed by atoms with van der Waals surface area (Å²) in [4.78, 5) is 11.6. The van der Waals surface area contributed by atoms with Crippen molar-refractivity contribution in [3.63, 3.8) is 0 Å². The molecule has 3 nitrogen and oxygen atoms in total. The maximum Gasteiger partial charge on any atom is 0.207 e. The van der Waals surface area contributed by atoms with Gasteiger partial charge in [0.15, 0.2) is 0 Å². The largest absolute Gasteiger partial charge is 0.287 e. The number of unbranched alkanes of at least 4 members (excludes halogenated alkanes) is 2. The smallest absolute Gasteiger partial charge is 0.207 e. The van der Waals surface area contributed by atoms with Gasteiger partial charge in [0.2, 0.25) is 5.43 Å². The standard InChI is InChI=1S/C13H16N2O/c1-2-3-6-9-15-12-8-5-4-7-11(12)13(16)10-14-15/h4-5,7-8,10H,2-3,6,9H2,1H3. The molecule has 0 bridgehead atoms. The van der Waals surface area contributed by atoms with Gasteiger partial charge >= 0.3 is 0 Å². The number of rotatable bonds is 4. The van der Waals surface area contributed by atoms with Crippen LogP contribution in [0.3, 0.4) is 0 Å². The van der Waals surface area contributed by atoms with Gasteiger partial charge in [0.1, 0.15) is 0 Å². The second kappa shape index (κ2) is 4.92. The van der Waals surface area contributed by atoms with E-state index in [0.717, 1.165) is 23.9 Å². The Balaban J connectivity index is 2.38. The van der Waals surface area contributed by atoms with E-state index in [-0.39, 0.29) is 5.43 Å². The predicted octanol–water partition coefficient (Wildman–Crippen LogP) is 2.59. The van der Waals surface area contributed by atoms with Crippen LogP contribution in [0.5, 0.6) is 0 Å². The van der Waals surface area contributed by atoms with Gasteiger partial charge in [0.25, 0.3) is 0 Å². The Hall–Kier alpha value is -1.64. The van der Waals surface area contributed by atoms with E-state index in [1.807, 2.05) is 28.9 Å². The van der Waals surface area contributed by atoms with Crippen molar-refractivity contribution in [2.24, 2.45) is 0 Å². The summed E-state index contributed by atoms with van der Waals surface area (Å²) in [5, 5.41) is 4.94. The number of hydrogen-bond acceptors (Lipinski definition) is 2. The van der Waals surface area contributed by atoms with Crippen LogP contribution in [0.2, 0.25) is 0 Å². The third-order valence-electron chi connectivity index (χ3n) is 2.74. The van der Waals surface area contributed by atoms with E-state index < -0.39 is 0 Å². The van der Waals surface area contributed by atoms with Crippen LogP contribution in [0.4, 0.5) is 0 Å². The summed E-state index contributed by atoms with van der Waals surface area (Å²) < 4.78 is 1.92. The molecule has 0 radical (unpaired) electrons. The van der Waals surface area contributed by atoms with E-state index in [1.54, 1.807) is 0 Å². The Morgan fingerprint density at radius 2 is 2.06 bits per heavy atom. The molecule has 0 aliphatic heterocycles. The van der Waals surface area contributed by atoms with Gasteiger partial charge < -0.3 is 0 Å². The van der Waals surface area contributed by atoms with Crippen LogP contribution in [-0.2, 0) is 6.54 Å². The second-order valence-corrected chi connectivity index (χ2v) is 3.96. The summed E-state index contributed by atoms with van der Waals surface area (Å²) in [6.07, 6.45) is 4.91. The lowest BCUT2D eigenvalue weighted by Crippen LogP contribution is -2.12. The van der Waals surface area contributed by atoms with Crippen LogP contribution < -0.4 is 5.43 Å². The first kappa shape index (κ1) is 10.9. The molecule has 3 heteroatoms. The normalized spacial score (nSPS) is 10.8. The maximum atomic E-state index is 11.6. The zero-order chi connectivity index (χ0) is 11.4. The zero-order valence-corrected chi connectivity index (χ0v) is 9.52. The van der Waals surface area contributed by atoms with Crippen LogP contribution in [0.1, 0.15) is 26.2 Å². The van der Waals surface area contributed by atoms with Crippen molar-refractivity contribution in [3.05, 3.63) is 40.7 Å². The van der Waals surface area contributed by atoms with Crippen LogP contribution >= 0.6 is 0 Å². The molecule has 1 aromatic carbocycles. The van der Waals surface area contributed by atoms with Crippen molar-refractivity contribution in [1.29, 1.82) is 0 Å². The zero-order valence-electron chi connectivity index (χ0n) is 9.52. The fourth-order valence-electron chi connectivity index (χ4n) is 1.85. The summed E-state index contributed by atoms with van der Waals surface area (Å²) in [5.41, 5.74) is 0.938. The molecule has 0 aliphatic carbocycles. The first-order valence-electron chi connectivity index (χ1n) is 5.78. The van der Waals surface area contributed by atoms with E-state index in [0.29, 0.717) is 0 Å². The Bertz CT molecular complexity index is 531. The van der Waals surface area contributed by atoms with Crippen LogP contribution in [0.15, 0.2) is 35.3 Å². The Kier molecular flexibility index (Phi) is 3.34. The minimum Gasteiger partial charge on any atom is -0.287 e. The van der Waals surface area contributed by atoms with Crippen molar-refractivity contribution in [2.45, 2.75) is 32.7 Å². The summed E-state index contributed by atoms with van der Waals surface area (Å²) in [7, 11) is 0. The lowest BCUT2D eigenvalue weighted by Gasteiger charge is -2.08. The number of fused-ring (bicyclic) bond motifs is 1. The van der Waals surface area contributed by atoms with Gasteiger partial charge in [0.05, 0.1) is 11.7 Å². The van der Waals surface area contributed by atoms with E-state index in [9.17, 15) is 4.79 Å². The minimum absolute atomic E-state index is 0.00217. The van der Waals surface area contributed by atoms with Gasteiger partial charge in [-0.25, -0.2) is 0 Å². The van der Waals surface area contributed by atoms with Gasteiger partial charge in [-0.3, -0.25) is 9.48 Å². The molecule has 0 atom stereocenters. The molecular weight excluding hydrogens is 200 g/mol. The third kappa shape index (κ3) is 2.13. The number of hydrogen-bond donors (Lipinski definition) is 0. The highest BCUT2D eigenvalue weighted by Gasteiger charge is 2.02. The van der Waals surface area contributed by atoms with Crippen LogP contribution in [0.25, 0.3) is 10.9 Å². The monoisotopic (exact) mass is 216 g/mol. The molecule has 2 aromatic rings. The van der Waals surface area contributed by atoms with Gasteiger partial charge in [-0.2, -0.15) is 5.10 Å². The van der Waals surface area contributed by atoms with Crippen molar-refractivity contribution >= 4 is 10.9 Å². The fraction of sp³-hybridized carbons (Fsp3) is 0.385. The molecule has 84 valence electrons. The van der Waals surface area contributed by atoms with Gasteiger partial charge in [-0.15, -0.1) is 0 Å². The molecule has 0 fully saturated rings. The average molecular weight is 216 g/mol. The lowest BCUT2D eigenvalue weighted by atomic mass is 10.2. The molecule has 0 N–H and O–H groups in total. The molecule has 0 amide bonds. The molecule has 0 aliphatic rings. The molecule has 2 rings (SSSR count). The maximum absolute atomic E-state index is 11.6. The number of aryl methyl sites for hydroxylation is 1. The number of para-hydroxylation sites is 1. The van der Waals surface area contributed by atoms with Gasteiger partial charge in [0, 0.05) is 11.9 Å². The van der Waals surface area contributed by atoms with E-state index in [1.165, 1.54) is 19.0 Å². The summed E-state index contributed by atoms with van der Waals surface area (Å²) in [6, 6.07) is 7.64. The first-order valence-corrected chi connectivity index (χ1v) is 5.78. The van der Waals surface area contributed by atoms with Gasteiger partial charge in [-0.05, 0) is 18.6 Å². The highest BCUT2D eigenvalue weighted by atomic mass is 16.1. The fourth-order valence-corrected chi connectivity index (χ4v) is 1.85. The summed E-state index contributed by atoms with van der Waals surface area (Å²) >= 11 is 0. The first-order chi connectivity index (χ1) is 7.83. The topological polar surface area (TPSA) is 34.9 Å². The highest BCUT2D eigenvalue weighted by Crippen LogP contribution is 2.09. The highest BCUT2D eigenvalue weighted by molar-refractivity contribution is 5.77.